The van der Waals surface area contributed by atoms with Crippen LogP contribution in [0, 0.1) is 5.41 Å². The molecule has 4 aromatic carbocycles. The molecule has 5 aliphatic rings. The molecule has 0 bridgehead atoms. The Morgan fingerprint density at radius 3 is 2.37 bits per heavy atom. The lowest BCUT2D eigenvalue weighted by Crippen LogP contribution is -2.75. The first-order valence-corrected chi connectivity index (χ1v) is 15.9. The van der Waals surface area contributed by atoms with Crippen LogP contribution in [0.3, 0.4) is 0 Å². The van der Waals surface area contributed by atoms with E-state index in [0.29, 0.717) is 35.7 Å². The maximum Gasteiger partial charge on any atom is 0.317 e. The molecule has 0 aromatic heterocycles. The lowest BCUT2D eigenvalue weighted by molar-refractivity contribution is -0.258. The van der Waals surface area contributed by atoms with Gasteiger partial charge in [-0.1, -0.05) is 54.6 Å². The molecule has 4 aliphatic heterocycles. The Morgan fingerprint density at radius 2 is 1.65 bits per heavy atom. The van der Waals surface area contributed by atoms with E-state index in [0.717, 1.165) is 29.2 Å². The molecule has 0 radical (unpaired) electrons. The summed E-state index contributed by atoms with van der Waals surface area (Å²) < 4.78 is 24.6. The highest BCUT2D eigenvalue weighted by molar-refractivity contribution is 6.06. The molecule has 9 nitrogen and oxygen atoms in total. The highest BCUT2D eigenvalue weighted by Crippen LogP contribution is 2.76. The van der Waals surface area contributed by atoms with Crippen LogP contribution in [-0.4, -0.2) is 66.9 Å². The number of hydrogen-bond donors (Lipinski definition) is 1. The summed E-state index contributed by atoms with van der Waals surface area (Å²) in [5.41, 5.74) is -0.535. The maximum atomic E-state index is 14.7. The number of nitrogens with zero attached hydrogens (tertiary/aromatic N) is 2. The molecular weight excluding hydrogens is 584 g/mol. The molecule has 1 aliphatic carbocycles. The SMILES string of the molecule is COC(=O)[C@@]12C[C@H]3CCCN3[C@@]13c1cccc4cccc(c14)[C@@]3(O)O[C@@H]2[C@@H]1[C@@H](Oc2ccccc2)C(=O)N1c1ccc(OC)cc1. The van der Waals surface area contributed by atoms with Gasteiger partial charge in [0.2, 0.25) is 11.9 Å². The highest BCUT2D eigenvalue weighted by atomic mass is 16.7. The average molecular weight is 619 g/mol. The molecule has 4 heterocycles. The van der Waals surface area contributed by atoms with Crippen molar-refractivity contribution < 1.29 is 33.6 Å². The van der Waals surface area contributed by atoms with E-state index in [1.165, 1.54) is 7.11 Å². The Balaban J connectivity index is 1.28. The van der Waals surface area contributed by atoms with Gasteiger partial charge in [0.25, 0.3) is 5.91 Å². The van der Waals surface area contributed by atoms with Gasteiger partial charge in [-0.3, -0.25) is 19.4 Å². The monoisotopic (exact) mass is 618 g/mol. The molecule has 4 saturated heterocycles. The standard InChI is InChI=1S/C37H34N2O7/c1-43-25-18-16-23(17-19-25)39-30(31(33(39)40)45-26-12-4-3-5-13-26)32-35(34(41)44-2)21-24-11-8-20-38(24)36(35)27-14-6-9-22-10-7-15-28(29(22)27)37(36,42)46-32/h3-7,9-10,12-19,24,30-32,42H,8,11,20-21H2,1-2H3/t24-,30+,31-,32-,35+,36+,37-/m1/s1. The zero-order valence-corrected chi connectivity index (χ0v) is 25.6. The van der Waals surface area contributed by atoms with E-state index in [2.05, 4.69) is 4.90 Å². The third kappa shape index (κ3) is 3.11. The van der Waals surface area contributed by atoms with E-state index in [9.17, 15) is 14.7 Å². The van der Waals surface area contributed by atoms with E-state index in [1.807, 2.05) is 66.7 Å². The number of para-hydroxylation sites is 1. The third-order valence-electron chi connectivity index (χ3n) is 11.3. The number of β-lactam (4-membered cyclic amide) rings is 1. The lowest BCUT2D eigenvalue weighted by atomic mass is 9.60. The van der Waals surface area contributed by atoms with Gasteiger partial charge in [-0.05, 0) is 78.5 Å². The first-order chi connectivity index (χ1) is 22.4. The van der Waals surface area contributed by atoms with Gasteiger partial charge >= 0.3 is 5.97 Å². The van der Waals surface area contributed by atoms with Crippen molar-refractivity contribution in [2.75, 3.05) is 25.7 Å². The number of aliphatic hydroxyl groups is 1. The minimum absolute atomic E-state index is 0.0142. The van der Waals surface area contributed by atoms with Gasteiger partial charge in [-0.25, -0.2) is 0 Å². The smallest absolute Gasteiger partial charge is 0.317 e. The number of carbonyl (C=O) groups excluding carboxylic acids is 2. The molecule has 9 rings (SSSR count). The first kappa shape index (κ1) is 27.8. The molecule has 0 unspecified atom stereocenters. The predicted molar refractivity (Wildman–Crippen MR) is 168 cm³/mol. The van der Waals surface area contributed by atoms with Gasteiger partial charge in [-0.2, -0.15) is 0 Å². The second-order valence-electron chi connectivity index (χ2n) is 13.0. The number of amides is 1. The van der Waals surface area contributed by atoms with Crippen LogP contribution >= 0.6 is 0 Å². The number of rotatable bonds is 6. The van der Waals surface area contributed by atoms with Crippen molar-refractivity contribution in [2.45, 2.75) is 54.9 Å². The molecule has 1 amide bonds. The van der Waals surface area contributed by atoms with Gasteiger partial charge in [0, 0.05) is 17.3 Å². The van der Waals surface area contributed by atoms with Crippen LogP contribution < -0.4 is 14.4 Å². The van der Waals surface area contributed by atoms with E-state index in [4.69, 9.17) is 18.9 Å². The minimum atomic E-state index is -1.89. The van der Waals surface area contributed by atoms with Crippen molar-refractivity contribution in [1.82, 2.24) is 4.90 Å². The van der Waals surface area contributed by atoms with Crippen LogP contribution in [0.1, 0.15) is 30.4 Å². The second kappa shape index (κ2) is 9.54. The molecule has 4 aromatic rings. The number of benzene rings is 4. The van der Waals surface area contributed by atoms with Crippen molar-refractivity contribution in [3.8, 4) is 11.5 Å². The topological polar surface area (TPSA) is 97.8 Å². The minimum Gasteiger partial charge on any atom is -0.497 e. The summed E-state index contributed by atoms with van der Waals surface area (Å²) in [6, 6.07) is 27.5. The largest absolute Gasteiger partial charge is 0.497 e. The van der Waals surface area contributed by atoms with E-state index in [-0.39, 0.29) is 11.9 Å². The number of ether oxygens (including phenoxy) is 4. The molecule has 1 spiro atoms. The Bertz CT molecular complexity index is 1890. The van der Waals surface area contributed by atoms with Gasteiger partial charge < -0.3 is 24.1 Å². The lowest BCUT2D eigenvalue weighted by Gasteiger charge is -2.52. The number of esters is 1. The molecule has 7 atom stereocenters. The van der Waals surface area contributed by atoms with Gasteiger partial charge in [0.1, 0.15) is 34.6 Å². The third-order valence-corrected chi connectivity index (χ3v) is 11.3. The fourth-order valence-corrected chi connectivity index (χ4v) is 9.69. The summed E-state index contributed by atoms with van der Waals surface area (Å²) in [6.07, 6.45) is 0.280. The van der Waals surface area contributed by atoms with E-state index < -0.39 is 41.0 Å². The summed E-state index contributed by atoms with van der Waals surface area (Å²) in [7, 11) is 2.99. The summed E-state index contributed by atoms with van der Waals surface area (Å²) in [6.45, 7) is 0.696. The normalized spacial score (nSPS) is 33.8. The summed E-state index contributed by atoms with van der Waals surface area (Å²) >= 11 is 0. The van der Waals surface area contributed by atoms with Crippen molar-refractivity contribution in [2.24, 2.45) is 5.41 Å². The predicted octanol–water partition coefficient (Wildman–Crippen LogP) is 4.49. The Morgan fingerprint density at radius 1 is 0.913 bits per heavy atom. The van der Waals surface area contributed by atoms with Crippen LogP contribution in [-0.2, 0) is 30.4 Å². The number of hydrogen-bond acceptors (Lipinski definition) is 8. The Labute approximate surface area is 266 Å². The highest BCUT2D eigenvalue weighted by Gasteiger charge is 2.88. The summed E-state index contributed by atoms with van der Waals surface area (Å²) in [5, 5.41) is 15.1. The summed E-state index contributed by atoms with van der Waals surface area (Å²) in [4.78, 5) is 32.8. The van der Waals surface area contributed by atoms with Crippen LogP contribution in [0.25, 0.3) is 10.8 Å². The molecule has 46 heavy (non-hydrogen) atoms. The fourth-order valence-electron chi connectivity index (χ4n) is 9.69. The zero-order valence-electron chi connectivity index (χ0n) is 25.6. The van der Waals surface area contributed by atoms with Gasteiger partial charge in [-0.15, -0.1) is 0 Å². The average Bonchev–Trinajstić information content (AvgIpc) is 3.78. The number of methoxy groups -OCH3 is 2. The van der Waals surface area contributed by atoms with Crippen LogP contribution in [0.2, 0.25) is 0 Å². The first-order valence-electron chi connectivity index (χ1n) is 15.9. The fraction of sp³-hybridized carbons (Fsp3) is 0.351. The number of fused-ring (bicyclic) bond motifs is 2. The van der Waals surface area contributed by atoms with E-state index >= 15 is 0 Å². The van der Waals surface area contributed by atoms with E-state index in [1.54, 1.807) is 36.3 Å². The van der Waals surface area contributed by atoms with Crippen molar-refractivity contribution in [1.29, 1.82) is 0 Å². The molecule has 1 N–H and O–H groups in total. The quantitative estimate of drug-likeness (QED) is 0.250. The molecule has 4 fully saturated rings. The molecular formula is C37H34N2O7. The van der Waals surface area contributed by atoms with Crippen molar-refractivity contribution in [3.05, 3.63) is 102 Å². The Kier molecular flexibility index (Phi) is 5.77. The number of anilines is 1. The van der Waals surface area contributed by atoms with Crippen LogP contribution in [0.5, 0.6) is 11.5 Å². The van der Waals surface area contributed by atoms with Crippen LogP contribution in [0.15, 0.2) is 91.0 Å². The molecule has 234 valence electrons. The van der Waals surface area contributed by atoms with Gasteiger partial charge in [0.05, 0.1) is 14.2 Å². The zero-order chi connectivity index (χ0) is 31.4. The maximum absolute atomic E-state index is 14.7. The van der Waals surface area contributed by atoms with Crippen molar-refractivity contribution >= 4 is 28.3 Å². The van der Waals surface area contributed by atoms with Crippen LogP contribution in [0.4, 0.5) is 5.69 Å². The Hall–Kier alpha value is -4.44. The molecule has 9 heteroatoms. The van der Waals surface area contributed by atoms with Gasteiger partial charge in [0.15, 0.2) is 0 Å². The molecule has 0 saturated carbocycles. The number of carbonyl (C=O) groups is 2. The van der Waals surface area contributed by atoms with Crippen molar-refractivity contribution in [3.63, 3.8) is 0 Å². The summed E-state index contributed by atoms with van der Waals surface area (Å²) in [5.74, 6) is -1.43. The second-order valence-corrected chi connectivity index (χ2v) is 13.0.